The zero-order valence-electron chi connectivity index (χ0n) is 9.67. The van der Waals surface area contributed by atoms with Gasteiger partial charge in [0.05, 0.1) is 0 Å². The number of aryl methyl sites for hydroxylation is 1. The lowest BCUT2D eigenvalue weighted by Crippen LogP contribution is -2.03. The van der Waals surface area contributed by atoms with Gasteiger partial charge in [-0.15, -0.1) is 0 Å². The fraction of sp³-hybridized carbons (Fsp3) is 0.200. The normalized spacial score (nSPS) is 10.3. The van der Waals surface area contributed by atoms with Gasteiger partial charge in [-0.25, -0.2) is 9.78 Å². The lowest BCUT2D eigenvalue weighted by Gasteiger charge is -1.95. The number of ketones is 1. The van der Waals surface area contributed by atoms with Crippen molar-refractivity contribution >= 4 is 34.0 Å². The van der Waals surface area contributed by atoms with E-state index in [1.54, 1.807) is 24.0 Å². The fourth-order valence-electron chi connectivity index (χ4n) is 1.35. The largest absolute Gasteiger partial charge is 0.476 e. The van der Waals surface area contributed by atoms with Gasteiger partial charge in [-0.2, -0.15) is 5.10 Å². The molecule has 0 bridgehead atoms. The number of carboxylic acids is 1. The van der Waals surface area contributed by atoms with Gasteiger partial charge in [-0.05, 0) is 0 Å². The predicted molar refractivity (Wildman–Crippen MR) is 65.6 cm³/mol. The van der Waals surface area contributed by atoms with Crippen molar-refractivity contribution in [3.8, 4) is 0 Å². The number of thiazole rings is 1. The first kappa shape index (κ1) is 12.2. The Bertz CT molecular complexity index is 585. The number of nitrogens with one attached hydrogen (secondary N) is 1. The first-order chi connectivity index (χ1) is 8.47. The van der Waals surface area contributed by atoms with Crippen LogP contribution in [0, 0.1) is 0 Å². The Hall–Kier alpha value is -2.22. The maximum Gasteiger partial charge on any atom is 0.356 e. The van der Waals surface area contributed by atoms with Crippen LogP contribution in [0.15, 0.2) is 12.3 Å². The molecule has 0 fully saturated rings. The molecule has 0 radical (unpaired) electrons. The molecule has 0 spiro atoms. The third-order valence-electron chi connectivity index (χ3n) is 2.10. The zero-order valence-corrected chi connectivity index (χ0v) is 10.5. The van der Waals surface area contributed by atoms with E-state index in [0.717, 1.165) is 11.3 Å². The van der Waals surface area contributed by atoms with Crippen molar-refractivity contribution in [3.63, 3.8) is 0 Å². The van der Waals surface area contributed by atoms with Crippen LogP contribution in [0.4, 0.5) is 10.9 Å². The van der Waals surface area contributed by atoms with E-state index in [4.69, 9.17) is 5.11 Å². The monoisotopic (exact) mass is 266 g/mol. The molecule has 0 aromatic carbocycles. The number of aromatic nitrogens is 3. The summed E-state index contributed by atoms with van der Waals surface area (Å²) in [6, 6.07) is 1.72. The van der Waals surface area contributed by atoms with Gasteiger partial charge in [0.2, 0.25) is 0 Å². The van der Waals surface area contributed by atoms with Crippen LogP contribution >= 0.6 is 11.3 Å². The number of hydrogen-bond donors (Lipinski definition) is 2. The van der Waals surface area contributed by atoms with E-state index >= 15 is 0 Å². The molecule has 2 N–H and O–H groups in total. The quantitative estimate of drug-likeness (QED) is 0.814. The molecule has 0 saturated heterocycles. The molecule has 2 heterocycles. The van der Waals surface area contributed by atoms with Crippen molar-refractivity contribution < 1.29 is 14.7 Å². The van der Waals surface area contributed by atoms with E-state index in [0.29, 0.717) is 10.9 Å². The highest BCUT2D eigenvalue weighted by molar-refractivity contribution is 7.17. The van der Waals surface area contributed by atoms with Crippen molar-refractivity contribution in [2.24, 2.45) is 7.05 Å². The first-order valence-corrected chi connectivity index (χ1v) is 5.80. The Morgan fingerprint density at radius 1 is 1.50 bits per heavy atom. The molecule has 0 atom stereocenters. The van der Waals surface area contributed by atoms with Gasteiger partial charge >= 0.3 is 5.97 Å². The Morgan fingerprint density at radius 3 is 2.67 bits per heavy atom. The Labute approximate surface area is 106 Å². The summed E-state index contributed by atoms with van der Waals surface area (Å²) < 4.78 is 1.60. The molecule has 2 aromatic rings. The minimum Gasteiger partial charge on any atom is -0.476 e. The highest BCUT2D eigenvalue weighted by atomic mass is 32.1. The topological polar surface area (TPSA) is 97.1 Å². The van der Waals surface area contributed by atoms with E-state index in [-0.39, 0.29) is 16.4 Å². The predicted octanol–water partition coefficient (Wildman–Crippen LogP) is 1.52. The van der Waals surface area contributed by atoms with Crippen LogP contribution in [0.2, 0.25) is 0 Å². The van der Waals surface area contributed by atoms with Crippen LogP contribution in [0.5, 0.6) is 0 Å². The van der Waals surface area contributed by atoms with E-state index in [2.05, 4.69) is 15.4 Å². The summed E-state index contributed by atoms with van der Waals surface area (Å²) in [5, 5.41) is 16.2. The molecule has 0 aliphatic rings. The molecular weight excluding hydrogens is 256 g/mol. The number of carbonyl (C=O) groups excluding carboxylic acids is 1. The molecule has 94 valence electrons. The van der Waals surface area contributed by atoms with E-state index in [1.165, 1.54) is 6.92 Å². The molecule has 8 heteroatoms. The van der Waals surface area contributed by atoms with Gasteiger partial charge in [0.25, 0.3) is 0 Å². The Balaban J connectivity index is 2.32. The van der Waals surface area contributed by atoms with Gasteiger partial charge in [-0.1, -0.05) is 11.3 Å². The molecule has 2 rings (SSSR count). The summed E-state index contributed by atoms with van der Waals surface area (Å²) in [6.07, 6.45) is 1.74. The third kappa shape index (κ3) is 2.38. The molecule has 0 amide bonds. The van der Waals surface area contributed by atoms with Crippen LogP contribution < -0.4 is 5.32 Å². The van der Waals surface area contributed by atoms with Gasteiger partial charge in [0.1, 0.15) is 4.88 Å². The summed E-state index contributed by atoms with van der Waals surface area (Å²) in [5.74, 6) is -0.997. The van der Waals surface area contributed by atoms with Crippen molar-refractivity contribution in [1.29, 1.82) is 0 Å². The molecule has 0 saturated carbocycles. The average molecular weight is 266 g/mol. The maximum absolute atomic E-state index is 11.3. The number of hydrogen-bond acceptors (Lipinski definition) is 6. The van der Waals surface area contributed by atoms with Crippen molar-refractivity contribution in [2.45, 2.75) is 6.92 Å². The van der Waals surface area contributed by atoms with Gasteiger partial charge in [0, 0.05) is 26.2 Å². The Kier molecular flexibility index (Phi) is 3.11. The number of nitrogens with zero attached hydrogens (tertiary/aromatic N) is 3. The van der Waals surface area contributed by atoms with Crippen LogP contribution in [0.1, 0.15) is 27.1 Å². The number of aromatic carboxylic acids is 1. The first-order valence-electron chi connectivity index (χ1n) is 4.99. The van der Waals surface area contributed by atoms with E-state index < -0.39 is 5.97 Å². The van der Waals surface area contributed by atoms with E-state index in [1.807, 2.05) is 0 Å². The highest BCUT2D eigenvalue weighted by Crippen LogP contribution is 2.25. The van der Waals surface area contributed by atoms with Crippen LogP contribution in [0.3, 0.4) is 0 Å². The van der Waals surface area contributed by atoms with Crippen molar-refractivity contribution in [2.75, 3.05) is 5.32 Å². The minimum absolute atomic E-state index is 0.126. The molecule has 0 aliphatic heterocycles. The summed E-state index contributed by atoms with van der Waals surface area (Å²) in [4.78, 5) is 26.2. The molecule has 0 unspecified atom stereocenters. The van der Waals surface area contributed by atoms with Crippen molar-refractivity contribution in [3.05, 3.63) is 22.8 Å². The Morgan fingerprint density at radius 2 is 2.22 bits per heavy atom. The number of anilines is 2. The number of Topliss-reactive ketones (excluding diaryl/α,β-unsaturated/α-hetero) is 1. The van der Waals surface area contributed by atoms with Crippen LogP contribution in [0.25, 0.3) is 0 Å². The second kappa shape index (κ2) is 4.57. The molecule has 2 aromatic heterocycles. The lowest BCUT2D eigenvalue weighted by molar-refractivity contribution is 0.0687. The summed E-state index contributed by atoms with van der Waals surface area (Å²) in [7, 11) is 1.76. The summed E-state index contributed by atoms with van der Waals surface area (Å²) in [5.41, 5.74) is -0.231. The average Bonchev–Trinajstić information content (AvgIpc) is 2.85. The fourth-order valence-corrected chi connectivity index (χ4v) is 2.21. The number of carboxylic acid groups (broad SMARTS) is 1. The molecular formula is C10H10N4O3S. The second-order valence-electron chi connectivity index (χ2n) is 3.56. The van der Waals surface area contributed by atoms with Gasteiger partial charge in [-0.3, -0.25) is 9.48 Å². The molecule has 7 nitrogen and oxygen atoms in total. The molecule has 18 heavy (non-hydrogen) atoms. The van der Waals surface area contributed by atoms with E-state index in [9.17, 15) is 9.59 Å². The number of carbonyl (C=O) groups is 2. The third-order valence-corrected chi connectivity index (χ3v) is 3.17. The standard InChI is InChI=1S/C10H10N4O3S/c1-5(15)8-7(9(16)17)12-10(18-8)11-6-3-4-14(2)13-6/h3-4H,1-2H3,(H,16,17)(H,11,12,13). The lowest BCUT2D eigenvalue weighted by atomic mass is 10.3. The minimum atomic E-state index is -1.22. The number of rotatable bonds is 4. The van der Waals surface area contributed by atoms with Crippen LogP contribution in [-0.4, -0.2) is 31.6 Å². The summed E-state index contributed by atoms with van der Waals surface area (Å²) >= 11 is 0.998. The highest BCUT2D eigenvalue weighted by Gasteiger charge is 2.20. The molecule has 0 aliphatic carbocycles. The van der Waals surface area contributed by atoms with Crippen molar-refractivity contribution in [1.82, 2.24) is 14.8 Å². The van der Waals surface area contributed by atoms with Gasteiger partial charge < -0.3 is 10.4 Å². The van der Waals surface area contributed by atoms with Crippen LogP contribution in [-0.2, 0) is 7.05 Å². The van der Waals surface area contributed by atoms with Gasteiger partial charge in [0.15, 0.2) is 22.4 Å². The maximum atomic E-state index is 11.3. The second-order valence-corrected chi connectivity index (χ2v) is 4.56. The zero-order chi connectivity index (χ0) is 13.3. The summed E-state index contributed by atoms with van der Waals surface area (Å²) in [6.45, 7) is 1.31. The smallest absolute Gasteiger partial charge is 0.356 e. The SMILES string of the molecule is CC(=O)c1sc(Nc2ccn(C)n2)nc1C(=O)O.